The van der Waals surface area contributed by atoms with Crippen LogP contribution in [0.4, 0.5) is 0 Å². The smallest absolute Gasteiger partial charge is 0.240 e. The number of aromatic nitrogens is 2. The van der Waals surface area contributed by atoms with Crippen LogP contribution in [0.25, 0.3) is 11.0 Å². The van der Waals surface area contributed by atoms with E-state index in [9.17, 15) is 0 Å². The number of furan rings is 1. The van der Waals surface area contributed by atoms with E-state index < -0.39 is 0 Å². The number of hydrogen-bond donors (Lipinski definition) is 1. The van der Waals surface area contributed by atoms with Crippen LogP contribution in [0.15, 0.2) is 33.2 Å². The summed E-state index contributed by atoms with van der Waals surface area (Å²) in [5.41, 5.74) is 2.09. The SMILES string of the molecule is Cc1noc(CNCc2c(C)oc3ccccc23)n1. The molecule has 98 valence electrons. The average molecular weight is 257 g/mol. The molecular weight excluding hydrogens is 242 g/mol. The first-order valence-corrected chi connectivity index (χ1v) is 6.21. The Morgan fingerprint density at radius 3 is 2.79 bits per heavy atom. The number of fused-ring (bicyclic) bond motifs is 1. The minimum atomic E-state index is 0.555. The van der Waals surface area contributed by atoms with E-state index in [4.69, 9.17) is 8.94 Å². The Balaban J connectivity index is 1.73. The molecule has 5 nitrogen and oxygen atoms in total. The summed E-state index contributed by atoms with van der Waals surface area (Å²) in [5, 5.41) is 8.20. The van der Waals surface area contributed by atoms with Gasteiger partial charge in [0.15, 0.2) is 5.82 Å². The Kier molecular flexibility index (Phi) is 3.05. The summed E-state index contributed by atoms with van der Waals surface area (Å²) >= 11 is 0. The monoisotopic (exact) mass is 257 g/mol. The molecule has 0 bridgehead atoms. The predicted molar refractivity (Wildman–Crippen MR) is 70.5 cm³/mol. The molecule has 0 saturated heterocycles. The molecule has 0 atom stereocenters. The summed E-state index contributed by atoms with van der Waals surface area (Å²) in [5.74, 6) is 2.19. The molecule has 1 aromatic carbocycles. The summed E-state index contributed by atoms with van der Waals surface area (Å²) in [6.45, 7) is 5.05. The van der Waals surface area contributed by atoms with Crippen molar-refractivity contribution in [3.63, 3.8) is 0 Å². The van der Waals surface area contributed by atoms with E-state index in [0.29, 0.717) is 24.8 Å². The van der Waals surface area contributed by atoms with Crippen molar-refractivity contribution in [1.29, 1.82) is 0 Å². The van der Waals surface area contributed by atoms with Crippen molar-refractivity contribution < 1.29 is 8.94 Å². The Bertz CT molecular complexity index is 700. The molecule has 0 aliphatic rings. The molecule has 0 amide bonds. The quantitative estimate of drug-likeness (QED) is 0.778. The number of para-hydroxylation sites is 1. The van der Waals surface area contributed by atoms with Crippen LogP contribution < -0.4 is 5.32 Å². The second-order valence-corrected chi connectivity index (χ2v) is 4.47. The fourth-order valence-corrected chi connectivity index (χ4v) is 2.15. The van der Waals surface area contributed by atoms with Crippen LogP contribution in [0.3, 0.4) is 0 Å². The molecule has 5 heteroatoms. The lowest BCUT2D eigenvalue weighted by Gasteiger charge is -2.01. The third-order valence-corrected chi connectivity index (χ3v) is 3.05. The maximum atomic E-state index is 5.71. The topological polar surface area (TPSA) is 64.1 Å². The number of aryl methyl sites for hydroxylation is 2. The molecular formula is C14H15N3O2. The number of benzene rings is 1. The summed E-state index contributed by atoms with van der Waals surface area (Å²) in [7, 11) is 0. The van der Waals surface area contributed by atoms with Crippen LogP contribution in [-0.2, 0) is 13.1 Å². The van der Waals surface area contributed by atoms with Crippen molar-refractivity contribution >= 4 is 11.0 Å². The molecule has 2 heterocycles. The van der Waals surface area contributed by atoms with Crippen LogP contribution in [0.5, 0.6) is 0 Å². The average Bonchev–Trinajstić information content (AvgIpc) is 2.94. The van der Waals surface area contributed by atoms with Gasteiger partial charge in [-0.2, -0.15) is 4.98 Å². The van der Waals surface area contributed by atoms with Gasteiger partial charge in [0.1, 0.15) is 11.3 Å². The van der Waals surface area contributed by atoms with Gasteiger partial charge in [-0.15, -0.1) is 0 Å². The molecule has 0 unspecified atom stereocenters. The van der Waals surface area contributed by atoms with E-state index in [-0.39, 0.29) is 0 Å². The highest BCUT2D eigenvalue weighted by Crippen LogP contribution is 2.24. The summed E-state index contributed by atoms with van der Waals surface area (Å²) in [6.07, 6.45) is 0. The maximum absolute atomic E-state index is 5.71. The Morgan fingerprint density at radius 2 is 2.00 bits per heavy atom. The first-order chi connectivity index (χ1) is 9.24. The molecule has 0 spiro atoms. The highest BCUT2D eigenvalue weighted by Gasteiger charge is 2.10. The van der Waals surface area contributed by atoms with Gasteiger partial charge < -0.3 is 14.3 Å². The Labute approximate surface area is 110 Å². The zero-order chi connectivity index (χ0) is 13.2. The number of hydrogen-bond acceptors (Lipinski definition) is 5. The number of rotatable bonds is 4. The molecule has 3 aromatic rings. The lowest BCUT2D eigenvalue weighted by molar-refractivity contribution is 0.364. The van der Waals surface area contributed by atoms with E-state index in [1.807, 2.05) is 25.1 Å². The minimum absolute atomic E-state index is 0.555. The van der Waals surface area contributed by atoms with Crippen molar-refractivity contribution in [2.45, 2.75) is 26.9 Å². The molecule has 0 aliphatic carbocycles. The lowest BCUT2D eigenvalue weighted by atomic mass is 10.1. The van der Waals surface area contributed by atoms with Gasteiger partial charge in [0.05, 0.1) is 6.54 Å². The second-order valence-electron chi connectivity index (χ2n) is 4.47. The third-order valence-electron chi connectivity index (χ3n) is 3.05. The van der Waals surface area contributed by atoms with Crippen LogP contribution in [-0.4, -0.2) is 10.1 Å². The predicted octanol–water partition coefficient (Wildman–Crippen LogP) is 2.72. The fourth-order valence-electron chi connectivity index (χ4n) is 2.15. The van der Waals surface area contributed by atoms with E-state index in [2.05, 4.69) is 21.5 Å². The zero-order valence-corrected chi connectivity index (χ0v) is 10.9. The number of nitrogens with zero attached hydrogens (tertiary/aromatic N) is 2. The van der Waals surface area contributed by atoms with E-state index in [1.165, 1.54) is 5.56 Å². The van der Waals surface area contributed by atoms with Crippen molar-refractivity contribution in [3.8, 4) is 0 Å². The molecule has 19 heavy (non-hydrogen) atoms. The van der Waals surface area contributed by atoms with Gasteiger partial charge in [0.25, 0.3) is 0 Å². The van der Waals surface area contributed by atoms with Gasteiger partial charge in [-0.05, 0) is 19.9 Å². The van der Waals surface area contributed by atoms with E-state index in [1.54, 1.807) is 6.92 Å². The molecule has 0 fully saturated rings. The van der Waals surface area contributed by atoms with Crippen molar-refractivity contribution in [2.24, 2.45) is 0 Å². The largest absolute Gasteiger partial charge is 0.461 e. The summed E-state index contributed by atoms with van der Waals surface area (Å²) in [4.78, 5) is 4.15. The van der Waals surface area contributed by atoms with Gasteiger partial charge >= 0.3 is 0 Å². The van der Waals surface area contributed by atoms with E-state index >= 15 is 0 Å². The fraction of sp³-hybridized carbons (Fsp3) is 0.286. The van der Waals surface area contributed by atoms with Crippen LogP contribution in [0, 0.1) is 13.8 Å². The summed E-state index contributed by atoms with van der Waals surface area (Å²) in [6, 6.07) is 8.04. The maximum Gasteiger partial charge on any atom is 0.240 e. The van der Waals surface area contributed by atoms with Crippen LogP contribution in [0.1, 0.15) is 23.0 Å². The molecule has 1 N–H and O–H groups in total. The van der Waals surface area contributed by atoms with Gasteiger partial charge in [-0.1, -0.05) is 23.4 Å². The Hall–Kier alpha value is -2.14. The van der Waals surface area contributed by atoms with Gasteiger partial charge in [0, 0.05) is 17.5 Å². The normalized spacial score (nSPS) is 11.3. The van der Waals surface area contributed by atoms with Crippen LogP contribution >= 0.6 is 0 Å². The van der Waals surface area contributed by atoms with E-state index in [0.717, 1.165) is 16.7 Å². The molecule has 0 radical (unpaired) electrons. The van der Waals surface area contributed by atoms with Gasteiger partial charge in [-0.25, -0.2) is 0 Å². The third kappa shape index (κ3) is 2.37. The zero-order valence-electron chi connectivity index (χ0n) is 10.9. The lowest BCUT2D eigenvalue weighted by Crippen LogP contribution is -2.13. The van der Waals surface area contributed by atoms with Crippen LogP contribution in [0.2, 0.25) is 0 Å². The van der Waals surface area contributed by atoms with Crippen molar-refractivity contribution in [3.05, 3.63) is 47.3 Å². The first kappa shape index (κ1) is 11.9. The summed E-state index contributed by atoms with van der Waals surface area (Å²) < 4.78 is 10.8. The highest BCUT2D eigenvalue weighted by molar-refractivity contribution is 5.82. The first-order valence-electron chi connectivity index (χ1n) is 6.21. The molecule has 0 saturated carbocycles. The standard InChI is InChI=1S/C14H15N3O2/c1-9-12(11-5-3-4-6-13(11)18-9)7-15-8-14-16-10(2)17-19-14/h3-6,15H,7-8H2,1-2H3. The molecule has 2 aromatic heterocycles. The van der Waals surface area contributed by atoms with Gasteiger partial charge in [-0.3, -0.25) is 0 Å². The molecule has 3 rings (SSSR count). The second kappa shape index (κ2) is 4.85. The van der Waals surface area contributed by atoms with Crippen molar-refractivity contribution in [1.82, 2.24) is 15.5 Å². The number of nitrogens with one attached hydrogen (secondary N) is 1. The van der Waals surface area contributed by atoms with Crippen molar-refractivity contribution in [2.75, 3.05) is 0 Å². The minimum Gasteiger partial charge on any atom is -0.461 e. The Morgan fingerprint density at radius 1 is 1.16 bits per heavy atom. The highest BCUT2D eigenvalue weighted by atomic mass is 16.5. The molecule has 0 aliphatic heterocycles. The van der Waals surface area contributed by atoms with Gasteiger partial charge in [0.2, 0.25) is 5.89 Å².